The molecule has 0 aliphatic heterocycles. The quantitative estimate of drug-likeness (QED) is 0.804. The molecule has 0 saturated heterocycles. The zero-order valence-electron chi connectivity index (χ0n) is 8.20. The first-order valence-electron chi connectivity index (χ1n) is 4.91. The molecule has 0 spiro atoms. The SMILES string of the molecule is N#Cc1c(Cl)cccc1NC1CC(N)C1. The molecule has 0 aromatic heterocycles. The average molecular weight is 222 g/mol. The summed E-state index contributed by atoms with van der Waals surface area (Å²) >= 11 is 5.92. The molecule has 3 N–H and O–H groups in total. The van der Waals surface area contributed by atoms with Crippen molar-refractivity contribution >= 4 is 17.3 Å². The average Bonchev–Trinajstić information content (AvgIpc) is 2.16. The summed E-state index contributed by atoms with van der Waals surface area (Å²) in [5, 5.41) is 12.7. The molecular formula is C11H12ClN3. The van der Waals surface area contributed by atoms with E-state index in [0.717, 1.165) is 18.5 Å². The van der Waals surface area contributed by atoms with E-state index < -0.39 is 0 Å². The maximum Gasteiger partial charge on any atom is 0.103 e. The molecule has 0 heterocycles. The topological polar surface area (TPSA) is 61.8 Å². The summed E-state index contributed by atoms with van der Waals surface area (Å²) in [4.78, 5) is 0. The minimum Gasteiger partial charge on any atom is -0.381 e. The Morgan fingerprint density at radius 1 is 1.47 bits per heavy atom. The molecule has 1 aliphatic rings. The Labute approximate surface area is 93.8 Å². The summed E-state index contributed by atoms with van der Waals surface area (Å²) in [5.74, 6) is 0. The minimum absolute atomic E-state index is 0.298. The Balaban J connectivity index is 2.15. The number of benzene rings is 1. The van der Waals surface area contributed by atoms with Gasteiger partial charge in [-0.25, -0.2) is 0 Å². The maximum atomic E-state index is 8.96. The van der Waals surface area contributed by atoms with Crippen LogP contribution in [0.5, 0.6) is 0 Å². The van der Waals surface area contributed by atoms with Gasteiger partial charge in [-0.2, -0.15) is 5.26 Å². The number of anilines is 1. The Hall–Kier alpha value is -1.24. The molecule has 1 aliphatic carbocycles. The van der Waals surface area contributed by atoms with Crippen molar-refractivity contribution in [1.29, 1.82) is 5.26 Å². The van der Waals surface area contributed by atoms with Crippen LogP contribution in [0.3, 0.4) is 0 Å². The molecule has 78 valence electrons. The number of nitrogens with one attached hydrogen (secondary N) is 1. The molecule has 1 aromatic rings. The van der Waals surface area contributed by atoms with Gasteiger partial charge in [0.2, 0.25) is 0 Å². The van der Waals surface area contributed by atoms with Crippen LogP contribution in [-0.2, 0) is 0 Å². The normalized spacial score (nSPS) is 24.1. The van der Waals surface area contributed by atoms with Crippen molar-refractivity contribution in [3.8, 4) is 6.07 Å². The van der Waals surface area contributed by atoms with Gasteiger partial charge in [0.1, 0.15) is 6.07 Å². The molecule has 3 nitrogen and oxygen atoms in total. The van der Waals surface area contributed by atoms with Gasteiger partial charge < -0.3 is 11.1 Å². The van der Waals surface area contributed by atoms with Crippen LogP contribution in [0.1, 0.15) is 18.4 Å². The van der Waals surface area contributed by atoms with Gasteiger partial charge in [-0.1, -0.05) is 17.7 Å². The van der Waals surface area contributed by atoms with Gasteiger partial charge in [0, 0.05) is 12.1 Å². The summed E-state index contributed by atoms with van der Waals surface area (Å²) in [6.07, 6.45) is 1.91. The Morgan fingerprint density at radius 2 is 2.20 bits per heavy atom. The number of hydrogen-bond acceptors (Lipinski definition) is 3. The van der Waals surface area contributed by atoms with Crippen LogP contribution in [0.4, 0.5) is 5.69 Å². The van der Waals surface area contributed by atoms with Crippen LogP contribution in [0, 0.1) is 11.3 Å². The third kappa shape index (κ3) is 2.06. The molecule has 2 rings (SSSR count). The van der Waals surface area contributed by atoms with Crippen LogP contribution < -0.4 is 11.1 Å². The van der Waals surface area contributed by atoms with Crippen LogP contribution in [0.15, 0.2) is 18.2 Å². The summed E-state index contributed by atoms with van der Waals surface area (Å²) in [6, 6.07) is 8.21. The number of nitriles is 1. The fourth-order valence-corrected chi connectivity index (χ4v) is 1.97. The van der Waals surface area contributed by atoms with Crippen molar-refractivity contribution in [1.82, 2.24) is 0 Å². The summed E-state index contributed by atoms with van der Waals surface area (Å²) in [7, 11) is 0. The largest absolute Gasteiger partial charge is 0.381 e. The highest BCUT2D eigenvalue weighted by molar-refractivity contribution is 6.32. The van der Waals surface area contributed by atoms with Crippen LogP contribution in [-0.4, -0.2) is 12.1 Å². The van der Waals surface area contributed by atoms with Gasteiger partial charge in [-0.05, 0) is 25.0 Å². The van der Waals surface area contributed by atoms with Crippen molar-refractivity contribution in [3.63, 3.8) is 0 Å². The number of rotatable bonds is 2. The first-order valence-corrected chi connectivity index (χ1v) is 5.29. The third-order valence-electron chi connectivity index (χ3n) is 2.66. The number of nitrogens with two attached hydrogens (primary N) is 1. The van der Waals surface area contributed by atoms with E-state index in [1.165, 1.54) is 0 Å². The minimum atomic E-state index is 0.298. The monoisotopic (exact) mass is 221 g/mol. The van der Waals surface area contributed by atoms with Gasteiger partial charge >= 0.3 is 0 Å². The second-order valence-electron chi connectivity index (χ2n) is 3.85. The Morgan fingerprint density at radius 3 is 2.80 bits per heavy atom. The Bertz CT molecular complexity index is 405. The lowest BCUT2D eigenvalue weighted by Crippen LogP contribution is -2.44. The molecule has 0 atom stereocenters. The predicted molar refractivity (Wildman–Crippen MR) is 60.8 cm³/mol. The van der Waals surface area contributed by atoms with E-state index in [-0.39, 0.29) is 0 Å². The molecule has 0 unspecified atom stereocenters. The number of nitrogens with zero attached hydrogens (tertiary/aromatic N) is 1. The molecule has 1 saturated carbocycles. The lowest BCUT2D eigenvalue weighted by molar-refractivity contribution is 0.373. The highest BCUT2D eigenvalue weighted by Crippen LogP contribution is 2.28. The van der Waals surface area contributed by atoms with E-state index in [0.29, 0.717) is 22.7 Å². The standard InChI is InChI=1S/C11H12ClN3/c12-10-2-1-3-11(9(10)6-13)15-8-4-7(14)5-8/h1-3,7-8,15H,4-5,14H2. The molecule has 0 amide bonds. The molecule has 15 heavy (non-hydrogen) atoms. The third-order valence-corrected chi connectivity index (χ3v) is 2.97. The van der Waals surface area contributed by atoms with E-state index in [9.17, 15) is 0 Å². The maximum absolute atomic E-state index is 8.96. The lowest BCUT2D eigenvalue weighted by atomic mass is 9.87. The van der Waals surface area contributed by atoms with Crippen LogP contribution >= 0.6 is 11.6 Å². The van der Waals surface area contributed by atoms with Crippen molar-refractivity contribution in [2.45, 2.75) is 24.9 Å². The summed E-state index contributed by atoms with van der Waals surface area (Å²) in [6.45, 7) is 0. The van der Waals surface area contributed by atoms with Gasteiger partial charge in [0.25, 0.3) is 0 Å². The van der Waals surface area contributed by atoms with Gasteiger partial charge in [0.05, 0.1) is 16.3 Å². The van der Waals surface area contributed by atoms with E-state index >= 15 is 0 Å². The first kappa shape index (κ1) is 10.3. The zero-order valence-corrected chi connectivity index (χ0v) is 8.96. The van der Waals surface area contributed by atoms with Crippen molar-refractivity contribution in [2.75, 3.05) is 5.32 Å². The fraction of sp³-hybridized carbons (Fsp3) is 0.364. The highest BCUT2D eigenvalue weighted by atomic mass is 35.5. The summed E-state index contributed by atoms with van der Waals surface area (Å²) < 4.78 is 0. The smallest absolute Gasteiger partial charge is 0.103 e. The molecular weight excluding hydrogens is 210 g/mol. The highest BCUT2D eigenvalue weighted by Gasteiger charge is 2.26. The molecule has 0 radical (unpaired) electrons. The fourth-order valence-electron chi connectivity index (χ4n) is 1.76. The molecule has 1 fully saturated rings. The van der Waals surface area contributed by atoms with Crippen LogP contribution in [0.2, 0.25) is 5.02 Å². The Kier molecular flexibility index (Phi) is 2.81. The van der Waals surface area contributed by atoms with Gasteiger partial charge in [0.15, 0.2) is 0 Å². The number of halogens is 1. The van der Waals surface area contributed by atoms with Crippen molar-refractivity contribution in [3.05, 3.63) is 28.8 Å². The van der Waals surface area contributed by atoms with Crippen molar-refractivity contribution in [2.24, 2.45) is 5.73 Å². The second kappa shape index (κ2) is 4.09. The molecule has 1 aromatic carbocycles. The van der Waals surface area contributed by atoms with Gasteiger partial charge in [-0.3, -0.25) is 0 Å². The predicted octanol–water partition coefficient (Wildman–Crippen LogP) is 2.11. The van der Waals surface area contributed by atoms with E-state index in [1.807, 2.05) is 12.1 Å². The van der Waals surface area contributed by atoms with Crippen LogP contribution in [0.25, 0.3) is 0 Å². The molecule has 4 heteroatoms. The first-order chi connectivity index (χ1) is 7.20. The lowest BCUT2D eigenvalue weighted by Gasteiger charge is -2.34. The second-order valence-corrected chi connectivity index (χ2v) is 4.25. The van der Waals surface area contributed by atoms with E-state index in [1.54, 1.807) is 6.07 Å². The van der Waals surface area contributed by atoms with E-state index in [2.05, 4.69) is 11.4 Å². The van der Waals surface area contributed by atoms with E-state index in [4.69, 9.17) is 22.6 Å². The molecule has 0 bridgehead atoms. The van der Waals surface area contributed by atoms with Crippen molar-refractivity contribution < 1.29 is 0 Å². The van der Waals surface area contributed by atoms with Gasteiger partial charge in [-0.15, -0.1) is 0 Å². The summed E-state index contributed by atoms with van der Waals surface area (Å²) in [5.41, 5.74) is 7.01. The zero-order chi connectivity index (χ0) is 10.8. The number of hydrogen-bond donors (Lipinski definition) is 2.